The van der Waals surface area contributed by atoms with E-state index in [2.05, 4.69) is 22.2 Å². The van der Waals surface area contributed by atoms with Gasteiger partial charge in [-0.25, -0.2) is 0 Å². The van der Waals surface area contributed by atoms with Gasteiger partial charge in [-0.15, -0.1) is 0 Å². The second-order valence-electron chi connectivity index (χ2n) is 5.73. The summed E-state index contributed by atoms with van der Waals surface area (Å²) in [6, 6.07) is 10.4. The van der Waals surface area contributed by atoms with Crippen LogP contribution in [0.15, 0.2) is 35.4 Å². The van der Waals surface area contributed by atoms with Gasteiger partial charge in [0.1, 0.15) is 0 Å². The van der Waals surface area contributed by atoms with Gasteiger partial charge >= 0.3 is 0 Å². The highest BCUT2D eigenvalue weighted by molar-refractivity contribution is 5.13. The topological polar surface area (TPSA) is 58.0 Å². The van der Waals surface area contributed by atoms with Crippen molar-refractivity contribution in [2.24, 2.45) is 17.0 Å². The molecule has 0 radical (unpaired) electrons. The molecule has 1 fully saturated rings. The fourth-order valence-electron chi connectivity index (χ4n) is 2.93. The highest BCUT2D eigenvalue weighted by Gasteiger charge is 2.24. The van der Waals surface area contributed by atoms with Crippen molar-refractivity contribution in [2.45, 2.75) is 45.3 Å². The van der Waals surface area contributed by atoms with Gasteiger partial charge in [0.15, 0.2) is 0 Å². The molecule has 0 saturated heterocycles. The van der Waals surface area contributed by atoms with Crippen LogP contribution in [0.5, 0.6) is 0 Å². The van der Waals surface area contributed by atoms with Crippen molar-refractivity contribution >= 4 is 0 Å². The Kier molecular flexibility index (Phi) is 5.90. The molecular formula is C16H23N3O. The first-order valence-corrected chi connectivity index (χ1v) is 7.45. The summed E-state index contributed by atoms with van der Waals surface area (Å²) in [4.78, 5) is 2.91. The number of rotatable bonds is 6. The van der Waals surface area contributed by atoms with Gasteiger partial charge in [-0.2, -0.15) is 0 Å². The van der Waals surface area contributed by atoms with Crippen LogP contribution < -0.4 is 0 Å². The zero-order chi connectivity index (χ0) is 14.2. The molecule has 4 nitrogen and oxygen atoms in total. The molecule has 1 aliphatic carbocycles. The standard InChI is InChI=1S/C16H23N3O/c1-13(18-19-17)16-9-7-15(8-10-16)12-20-11-14-5-3-2-4-6-14/h2-6,13,15-16H,7-12H2,1H3. The molecule has 0 spiro atoms. The van der Waals surface area contributed by atoms with Crippen molar-refractivity contribution in [3.8, 4) is 0 Å². The minimum atomic E-state index is 0.131. The summed E-state index contributed by atoms with van der Waals surface area (Å²) in [5.74, 6) is 1.21. The van der Waals surface area contributed by atoms with E-state index < -0.39 is 0 Å². The van der Waals surface area contributed by atoms with Crippen LogP contribution in [0, 0.1) is 11.8 Å². The Balaban J connectivity index is 1.66. The van der Waals surface area contributed by atoms with Gasteiger partial charge in [0, 0.05) is 17.6 Å². The SMILES string of the molecule is CC(N=[N+]=[N-])C1CCC(COCc2ccccc2)CC1. The molecule has 1 unspecified atom stereocenters. The minimum Gasteiger partial charge on any atom is -0.376 e. The molecule has 1 aliphatic rings. The second-order valence-corrected chi connectivity index (χ2v) is 5.73. The predicted molar refractivity (Wildman–Crippen MR) is 80.2 cm³/mol. The van der Waals surface area contributed by atoms with Gasteiger partial charge in [0.05, 0.1) is 6.61 Å². The normalized spacial score (nSPS) is 23.9. The van der Waals surface area contributed by atoms with Gasteiger partial charge in [0.2, 0.25) is 0 Å². The lowest BCUT2D eigenvalue weighted by Gasteiger charge is -2.30. The second kappa shape index (κ2) is 7.93. The molecule has 108 valence electrons. The summed E-state index contributed by atoms with van der Waals surface area (Å²) < 4.78 is 5.82. The highest BCUT2D eigenvalue weighted by Crippen LogP contribution is 2.32. The van der Waals surface area contributed by atoms with Crippen molar-refractivity contribution in [1.82, 2.24) is 0 Å². The fraction of sp³-hybridized carbons (Fsp3) is 0.625. The Hall–Kier alpha value is -1.51. The van der Waals surface area contributed by atoms with Crippen molar-refractivity contribution < 1.29 is 4.74 Å². The summed E-state index contributed by atoms with van der Waals surface area (Å²) in [7, 11) is 0. The highest BCUT2D eigenvalue weighted by atomic mass is 16.5. The molecule has 1 aromatic carbocycles. The van der Waals surface area contributed by atoms with Crippen molar-refractivity contribution in [2.75, 3.05) is 6.61 Å². The molecule has 1 aromatic rings. The third-order valence-electron chi connectivity index (χ3n) is 4.27. The van der Waals surface area contributed by atoms with E-state index >= 15 is 0 Å². The number of hydrogen-bond donors (Lipinski definition) is 0. The molecule has 0 aliphatic heterocycles. The van der Waals surface area contributed by atoms with Crippen molar-refractivity contribution in [3.05, 3.63) is 46.3 Å². The quantitative estimate of drug-likeness (QED) is 0.420. The van der Waals surface area contributed by atoms with E-state index in [0.29, 0.717) is 18.4 Å². The lowest BCUT2D eigenvalue weighted by atomic mass is 9.79. The van der Waals surface area contributed by atoms with Crippen LogP contribution in [0.3, 0.4) is 0 Å². The zero-order valence-electron chi connectivity index (χ0n) is 12.1. The van der Waals surface area contributed by atoms with E-state index in [1.807, 2.05) is 25.1 Å². The smallest absolute Gasteiger partial charge is 0.0717 e. The molecular weight excluding hydrogens is 250 g/mol. The summed E-state index contributed by atoms with van der Waals surface area (Å²) >= 11 is 0. The molecule has 0 N–H and O–H groups in total. The van der Waals surface area contributed by atoms with Gasteiger partial charge < -0.3 is 4.74 Å². The molecule has 2 rings (SSSR count). The van der Waals surface area contributed by atoms with E-state index in [1.165, 1.54) is 18.4 Å². The monoisotopic (exact) mass is 273 g/mol. The Morgan fingerprint density at radius 2 is 1.95 bits per heavy atom. The molecule has 1 saturated carbocycles. The fourth-order valence-corrected chi connectivity index (χ4v) is 2.93. The summed E-state index contributed by atoms with van der Waals surface area (Å²) in [5, 5.41) is 3.82. The van der Waals surface area contributed by atoms with Gasteiger partial charge in [-0.05, 0) is 48.6 Å². The van der Waals surface area contributed by atoms with Gasteiger partial charge in [-0.1, -0.05) is 42.4 Å². The van der Waals surface area contributed by atoms with Crippen molar-refractivity contribution in [1.29, 1.82) is 0 Å². The number of nitrogens with zero attached hydrogens (tertiary/aromatic N) is 3. The third kappa shape index (κ3) is 4.55. The Morgan fingerprint density at radius 1 is 1.25 bits per heavy atom. The molecule has 20 heavy (non-hydrogen) atoms. The lowest BCUT2D eigenvalue weighted by Crippen LogP contribution is -2.24. The molecule has 1 atom stereocenters. The number of azide groups is 1. The molecule has 0 amide bonds. The molecule has 0 heterocycles. The zero-order valence-corrected chi connectivity index (χ0v) is 12.1. The van der Waals surface area contributed by atoms with Gasteiger partial charge in [0.25, 0.3) is 0 Å². The van der Waals surface area contributed by atoms with E-state index in [4.69, 9.17) is 10.3 Å². The van der Waals surface area contributed by atoms with Gasteiger partial charge in [-0.3, -0.25) is 0 Å². The van der Waals surface area contributed by atoms with E-state index in [-0.39, 0.29) is 6.04 Å². The van der Waals surface area contributed by atoms with Crippen LogP contribution in [0.2, 0.25) is 0 Å². The van der Waals surface area contributed by atoms with E-state index in [9.17, 15) is 0 Å². The summed E-state index contributed by atoms with van der Waals surface area (Å²) in [6.45, 7) is 3.57. The third-order valence-corrected chi connectivity index (χ3v) is 4.27. The summed E-state index contributed by atoms with van der Waals surface area (Å²) in [6.07, 6.45) is 4.68. The van der Waals surface area contributed by atoms with Crippen LogP contribution in [-0.4, -0.2) is 12.6 Å². The van der Waals surface area contributed by atoms with Crippen LogP contribution in [0.4, 0.5) is 0 Å². The average Bonchev–Trinajstić information content (AvgIpc) is 2.49. The predicted octanol–water partition coefficient (Wildman–Crippen LogP) is 4.71. The van der Waals surface area contributed by atoms with E-state index in [0.717, 1.165) is 19.4 Å². The Labute approximate surface area is 120 Å². The number of ether oxygens (including phenoxy) is 1. The molecule has 4 heteroatoms. The maximum Gasteiger partial charge on any atom is 0.0717 e. The van der Waals surface area contributed by atoms with E-state index in [1.54, 1.807) is 0 Å². The Bertz CT molecular complexity index is 434. The number of benzene rings is 1. The molecule has 0 aromatic heterocycles. The first-order chi connectivity index (χ1) is 9.79. The maximum atomic E-state index is 8.48. The minimum absolute atomic E-state index is 0.131. The molecule has 0 bridgehead atoms. The average molecular weight is 273 g/mol. The van der Waals surface area contributed by atoms with Crippen LogP contribution >= 0.6 is 0 Å². The lowest BCUT2D eigenvalue weighted by molar-refractivity contribution is 0.0654. The van der Waals surface area contributed by atoms with Crippen LogP contribution in [0.25, 0.3) is 10.4 Å². The first-order valence-electron chi connectivity index (χ1n) is 7.45. The number of hydrogen-bond acceptors (Lipinski definition) is 2. The first kappa shape index (κ1) is 14.9. The van der Waals surface area contributed by atoms with Crippen LogP contribution in [-0.2, 0) is 11.3 Å². The largest absolute Gasteiger partial charge is 0.376 e. The Morgan fingerprint density at radius 3 is 2.60 bits per heavy atom. The summed E-state index contributed by atoms with van der Waals surface area (Å²) in [5.41, 5.74) is 9.72. The van der Waals surface area contributed by atoms with Crippen LogP contribution in [0.1, 0.15) is 38.2 Å². The van der Waals surface area contributed by atoms with Crippen molar-refractivity contribution in [3.63, 3.8) is 0 Å². The maximum absolute atomic E-state index is 8.48.